The van der Waals surface area contributed by atoms with Crippen molar-refractivity contribution in [2.24, 2.45) is 5.92 Å². The highest BCUT2D eigenvalue weighted by Crippen LogP contribution is 2.21. The molecule has 2 atom stereocenters. The van der Waals surface area contributed by atoms with Gasteiger partial charge in [-0.25, -0.2) is 0 Å². The molecule has 0 aromatic carbocycles. The summed E-state index contributed by atoms with van der Waals surface area (Å²) in [5.41, 5.74) is 2.27. The lowest BCUT2D eigenvalue weighted by Gasteiger charge is -2.43. The summed E-state index contributed by atoms with van der Waals surface area (Å²) in [7, 11) is 0. The quantitative estimate of drug-likeness (QED) is 0.699. The van der Waals surface area contributed by atoms with Gasteiger partial charge in [-0.1, -0.05) is 26.3 Å². The van der Waals surface area contributed by atoms with Crippen molar-refractivity contribution in [1.82, 2.24) is 25.0 Å². The van der Waals surface area contributed by atoms with E-state index in [9.17, 15) is 9.59 Å². The van der Waals surface area contributed by atoms with Gasteiger partial charge in [-0.2, -0.15) is 0 Å². The number of hydrogen-bond donors (Lipinski definition) is 1. The third-order valence-electron chi connectivity index (χ3n) is 6.54. The molecule has 30 heavy (non-hydrogen) atoms. The summed E-state index contributed by atoms with van der Waals surface area (Å²) in [5, 5.41) is 2.85. The zero-order valence-electron chi connectivity index (χ0n) is 18.8. The van der Waals surface area contributed by atoms with Gasteiger partial charge in [0.1, 0.15) is 0 Å². The van der Waals surface area contributed by atoms with Crippen LogP contribution < -0.4 is 5.32 Å². The minimum absolute atomic E-state index is 0.0378. The lowest BCUT2D eigenvalue weighted by Crippen LogP contribution is -2.57. The second kappa shape index (κ2) is 10.9. The van der Waals surface area contributed by atoms with Gasteiger partial charge in [0.2, 0.25) is 11.8 Å². The zero-order chi connectivity index (χ0) is 21.5. The maximum Gasteiger partial charge on any atom is 0.241 e. The minimum Gasteiger partial charge on any atom is -0.346 e. The van der Waals surface area contributed by atoms with Crippen LogP contribution in [0.1, 0.15) is 44.4 Å². The van der Waals surface area contributed by atoms with Gasteiger partial charge in [0.05, 0.1) is 13.1 Å². The van der Waals surface area contributed by atoms with E-state index in [-0.39, 0.29) is 18.4 Å². The van der Waals surface area contributed by atoms with Crippen molar-refractivity contribution in [3.8, 4) is 0 Å². The molecule has 7 heteroatoms. The highest BCUT2D eigenvalue weighted by Gasteiger charge is 2.31. The summed E-state index contributed by atoms with van der Waals surface area (Å²) in [6, 6.07) is 4.55. The normalized spacial score (nSPS) is 21.6. The third-order valence-corrected chi connectivity index (χ3v) is 6.54. The van der Waals surface area contributed by atoms with E-state index in [0.29, 0.717) is 18.5 Å². The Morgan fingerprint density at radius 2 is 1.97 bits per heavy atom. The van der Waals surface area contributed by atoms with Crippen molar-refractivity contribution < 1.29 is 9.59 Å². The number of aromatic nitrogens is 1. The number of aryl methyl sites for hydroxylation is 1. The van der Waals surface area contributed by atoms with E-state index >= 15 is 0 Å². The Morgan fingerprint density at radius 3 is 2.63 bits per heavy atom. The largest absolute Gasteiger partial charge is 0.346 e. The monoisotopic (exact) mass is 415 g/mol. The van der Waals surface area contributed by atoms with Crippen molar-refractivity contribution in [2.45, 2.75) is 52.6 Å². The molecule has 1 aromatic heterocycles. The van der Waals surface area contributed by atoms with Crippen LogP contribution in [0.3, 0.4) is 0 Å². The average molecular weight is 416 g/mol. The molecule has 2 aliphatic rings. The van der Waals surface area contributed by atoms with E-state index in [1.165, 1.54) is 5.56 Å². The Hall–Kier alpha value is -1.99. The Morgan fingerprint density at radius 1 is 1.20 bits per heavy atom. The summed E-state index contributed by atoms with van der Waals surface area (Å²) in [4.78, 5) is 35.8. The Kier molecular flexibility index (Phi) is 8.22. The Labute approximate surface area is 180 Å². The highest BCUT2D eigenvalue weighted by atomic mass is 16.2. The fourth-order valence-electron chi connectivity index (χ4n) is 4.40. The van der Waals surface area contributed by atoms with E-state index in [1.807, 2.05) is 18.0 Å². The number of nitrogens with one attached hydrogen (secondary N) is 1. The van der Waals surface area contributed by atoms with Crippen LogP contribution in [0.25, 0.3) is 0 Å². The predicted molar refractivity (Wildman–Crippen MR) is 118 cm³/mol. The summed E-state index contributed by atoms with van der Waals surface area (Å²) in [6.07, 6.45) is 5.18. The van der Waals surface area contributed by atoms with Gasteiger partial charge in [0, 0.05) is 57.2 Å². The first-order chi connectivity index (χ1) is 14.5. The van der Waals surface area contributed by atoms with Crippen LogP contribution in [-0.4, -0.2) is 83.4 Å². The maximum absolute atomic E-state index is 12.5. The molecule has 2 amide bonds. The number of amides is 2. The van der Waals surface area contributed by atoms with Gasteiger partial charge in [-0.3, -0.25) is 24.4 Å². The number of hydrogen-bond acceptors (Lipinski definition) is 5. The second-order valence-electron chi connectivity index (χ2n) is 8.83. The number of rotatable bonds is 8. The number of carbonyl (C=O) groups is 2. The lowest BCUT2D eigenvalue weighted by molar-refractivity contribution is -0.132. The van der Waals surface area contributed by atoms with Crippen LogP contribution >= 0.6 is 0 Å². The fourth-order valence-corrected chi connectivity index (χ4v) is 4.40. The Bertz CT molecular complexity index is 702. The lowest BCUT2D eigenvalue weighted by atomic mass is 9.95. The number of nitrogens with zero attached hydrogens (tertiary/aromatic N) is 4. The average Bonchev–Trinajstić information content (AvgIpc) is 3.29. The van der Waals surface area contributed by atoms with Crippen molar-refractivity contribution in [2.75, 3.05) is 45.8 Å². The zero-order valence-corrected chi connectivity index (χ0v) is 18.8. The molecule has 1 aromatic rings. The molecule has 1 N–H and O–H groups in total. The van der Waals surface area contributed by atoms with E-state index in [0.717, 1.165) is 64.2 Å². The van der Waals surface area contributed by atoms with E-state index < -0.39 is 0 Å². The van der Waals surface area contributed by atoms with Crippen LogP contribution in [0.4, 0.5) is 0 Å². The van der Waals surface area contributed by atoms with Crippen molar-refractivity contribution in [1.29, 1.82) is 0 Å². The number of piperazine rings is 1. The molecule has 2 saturated heterocycles. The van der Waals surface area contributed by atoms with Crippen LogP contribution in [-0.2, 0) is 16.1 Å². The van der Waals surface area contributed by atoms with Crippen LogP contribution in [0.5, 0.6) is 0 Å². The molecule has 7 nitrogen and oxygen atoms in total. The van der Waals surface area contributed by atoms with Crippen LogP contribution in [0, 0.1) is 12.8 Å². The van der Waals surface area contributed by atoms with E-state index in [2.05, 4.69) is 46.1 Å². The smallest absolute Gasteiger partial charge is 0.241 e. The number of carbonyl (C=O) groups excluding carboxylic acids is 2. The Balaban J connectivity index is 1.51. The molecule has 0 bridgehead atoms. The number of pyridine rings is 1. The molecule has 2 fully saturated rings. The van der Waals surface area contributed by atoms with Gasteiger partial charge in [-0.15, -0.1) is 0 Å². The van der Waals surface area contributed by atoms with E-state index in [1.54, 1.807) is 0 Å². The molecule has 2 aliphatic heterocycles. The third kappa shape index (κ3) is 6.25. The molecular formula is C23H37N5O2. The van der Waals surface area contributed by atoms with Crippen molar-refractivity contribution in [3.63, 3.8) is 0 Å². The van der Waals surface area contributed by atoms with Gasteiger partial charge in [0.25, 0.3) is 0 Å². The van der Waals surface area contributed by atoms with Crippen LogP contribution in [0.2, 0.25) is 0 Å². The van der Waals surface area contributed by atoms with Crippen molar-refractivity contribution >= 4 is 11.8 Å². The molecule has 0 saturated carbocycles. The first-order valence-corrected chi connectivity index (χ1v) is 11.4. The van der Waals surface area contributed by atoms with Gasteiger partial charge in [-0.05, 0) is 37.3 Å². The first-order valence-electron chi connectivity index (χ1n) is 11.4. The molecule has 3 heterocycles. The first kappa shape index (κ1) is 22.7. The molecule has 0 aliphatic carbocycles. The van der Waals surface area contributed by atoms with Gasteiger partial charge >= 0.3 is 0 Å². The molecule has 166 valence electrons. The summed E-state index contributed by atoms with van der Waals surface area (Å²) in [5.74, 6) is 0.492. The molecule has 3 rings (SSSR count). The SMILES string of the molecule is CC[C@@H](C)[C@H]1CN(Cc2ccc(C)nc2)CCN1CC(=O)NCC(=O)N1CCCC1. The van der Waals surface area contributed by atoms with Gasteiger partial charge in [0.15, 0.2) is 0 Å². The number of likely N-dealkylation sites (tertiary alicyclic amines) is 1. The standard InChI is InChI=1S/C23H37N5O2/c1-4-18(2)21-16-26(15-20-8-7-19(3)24-13-20)11-12-28(21)17-22(29)25-14-23(30)27-9-5-6-10-27/h7-8,13,18,21H,4-6,9-12,14-17H2,1-3H3,(H,25,29)/t18-,21-/m1/s1. The maximum atomic E-state index is 12.5. The predicted octanol–water partition coefficient (Wildman–Crippen LogP) is 1.66. The minimum atomic E-state index is -0.0490. The summed E-state index contributed by atoms with van der Waals surface area (Å²) < 4.78 is 0. The summed E-state index contributed by atoms with van der Waals surface area (Å²) in [6.45, 7) is 12.2. The topological polar surface area (TPSA) is 68.8 Å². The van der Waals surface area contributed by atoms with Crippen LogP contribution in [0.15, 0.2) is 18.3 Å². The molecular weight excluding hydrogens is 378 g/mol. The summed E-state index contributed by atoms with van der Waals surface area (Å²) >= 11 is 0. The van der Waals surface area contributed by atoms with Gasteiger partial charge < -0.3 is 10.2 Å². The molecule has 0 unspecified atom stereocenters. The highest BCUT2D eigenvalue weighted by molar-refractivity contribution is 5.85. The molecule has 0 spiro atoms. The fraction of sp³-hybridized carbons (Fsp3) is 0.696. The molecule has 0 radical (unpaired) electrons. The second-order valence-corrected chi connectivity index (χ2v) is 8.83. The van der Waals surface area contributed by atoms with E-state index in [4.69, 9.17) is 0 Å². The van der Waals surface area contributed by atoms with Crippen molar-refractivity contribution in [3.05, 3.63) is 29.6 Å².